The van der Waals surface area contributed by atoms with Crippen molar-refractivity contribution in [2.75, 3.05) is 31.5 Å². The monoisotopic (exact) mass is 394 g/mol. The molecule has 1 fully saturated rings. The molecule has 2 aromatic carbocycles. The molecule has 138 valence electrons. The summed E-state index contributed by atoms with van der Waals surface area (Å²) in [4.78, 5) is 4.28. The molecule has 2 aromatic rings. The molecule has 0 saturated carbocycles. The average molecular weight is 395 g/mol. The smallest absolute Gasteiger partial charge is 0.288 e. The Morgan fingerprint density at radius 2 is 1.73 bits per heavy atom. The Morgan fingerprint density at radius 3 is 2.35 bits per heavy atom. The molecule has 0 atom stereocenters. The Labute approximate surface area is 162 Å². The molecule has 1 heterocycles. The van der Waals surface area contributed by atoms with Crippen LogP contribution in [0.4, 0.5) is 14.5 Å². The fraction of sp³-hybridized carbons (Fsp3) is 0.316. The van der Waals surface area contributed by atoms with E-state index >= 15 is 0 Å². The quantitative estimate of drug-likeness (QED) is 0.600. The van der Waals surface area contributed by atoms with E-state index in [1.807, 2.05) is 6.07 Å². The fourth-order valence-electron chi connectivity index (χ4n) is 3.01. The van der Waals surface area contributed by atoms with E-state index in [-0.39, 0.29) is 0 Å². The molecule has 1 aliphatic heterocycles. The minimum atomic E-state index is -2.40. The van der Waals surface area contributed by atoms with Crippen molar-refractivity contribution in [1.29, 1.82) is 0 Å². The van der Waals surface area contributed by atoms with Crippen molar-refractivity contribution in [3.63, 3.8) is 0 Å². The number of piperazine rings is 1. The summed E-state index contributed by atoms with van der Waals surface area (Å²) >= 11 is 6.06. The van der Waals surface area contributed by atoms with Gasteiger partial charge < -0.3 is 15.1 Å². The molecule has 0 unspecified atom stereocenters. The third-order valence-electron chi connectivity index (χ3n) is 4.39. The van der Waals surface area contributed by atoms with Crippen LogP contribution < -0.4 is 10.2 Å². The van der Waals surface area contributed by atoms with Crippen LogP contribution >= 0.6 is 24.0 Å². The van der Waals surface area contributed by atoms with Crippen LogP contribution in [0.5, 0.6) is 0 Å². The number of halogens is 2. The van der Waals surface area contributed by atoms with Gasteiger partial charge in [0, 0.05) is 16.1 Å². The summed E-state index contributed by atoms with van der Waals surface area (Å²) in [6, 6.07) is 17.5. The number of nitrogens with one attached hydrogen (secondary N) is 2. The molecule has 3 rings (SSSR count). The lowest BCUT2D eigenvalue weighted by Crippen LogP contribution is -3.13. The Bertz CT molecular complexity index is 702. The van der Waals surface area contributed by atoms with E-state index in [0.29, 0.717) is 21.8 Å². The molecule has 7 heteroatoms. The molecular formula is C19H22F2N3S2+. The summed E-state index contributed by atoms with van der Waals surface area (Å²) in [7, 11) is 0. The third kappa shape index (κ3) is 5.65. The maximum atomic E-state index is 12.4. The molecule has 0 aliphatic carbocycles. The lowest BCUT2D eigenvalue weighted by atomic mass is 10.2. The van der Waals surface area contributed by atoms with Crippen LogP contribution in [0.15, 0.2) is 59.5 Å². The lowest BCUT2D eigenvalue weighted by Gasteiger charge is -2.34. The molecule has 2 N–H and O–H groups in total. The number of thiocarbonyl (C=S) groups is 1. The number of alkyl halides is 2. The van der Waals surface area contributed by atoms with Gasteiger partial charge >= 0.3 is 0 Å². The number of thioether (sulfide) groups is 1. The maximum absolute atomic E-state index is 12.4. The van der Waals surface area contributed by atoms with Crippen LogP contribution in [0.3, 0.4) is 0 Å². The normalized spacial score (nSPS) is 15.3. The highest BCUT2D eigenvalue weighted by molar-refractivity contribution is 7.99. The third-order valence-corrected chi connectivity index (χ3v) is 5.47. The van der Waals surface area contributed by atoms with Crippen molar-refractivity contribution in [1.82, 2.24) is 4.90 Å². The molecule has 0 amide bonds. The van der Waals surface area contributed by atoms with Gasteiger partial charge in [0.1, 0.15) is 6.54 Å². The zero-order chi connectivity index (χ0) is 18.4. The summed E-state index contributed by atoms with van der Waals surface area (Å²) in [5.41, 5.74) is 2.19. The summed E-state index contributed by atoms with van der Waals surface area (Å²) in [6.45, 7) is 4.94. The number of nitrogens with zero attached hydrogens (tertiary/aromatic N) is 1. The van der Waals surface area contributed by atoms with Crippen molar-refractivity contribution >= 4 is 34.8 Å². The molecule has 1 aliphatic rings. The second-order valence-electron chi connectivity index (χ2n) is 6.23. The molecule has 26 heavy (non-hydrogen) atoms. The SMILES string of the molecule is FC(F)Sc1ccc(NC(=S)N2CC[NH+](Cc3ccccc3)CC2)cc1. The Kier molecular flexibility index (Phi) is 6.82. The first-order chi connectivity index (χ1) is 12.6. The van der Waals surface area contributed by atoms with Crippen LogP contribution in [0.1, 0.15) is 5.56 Å². The van der Waals surface area contributed by atoms with Gasteiger partial charge in [0.25, 0.3) is 5.76 Å². The van der Waals surface area contributed by atoms with E-state index in [0.717, 1.165) is 38.4 Å². The van der Waals surface area contributed by atoms with Gasteiger partial charge in [-0.3, -0.25) is 0 Å². The van der Waals surface area contributed by atoms with E-state index in [9.17, 15) is 8.78 Å². The first kappa shape index (κ1) is 19.1. The molecule has 1 saturated heterocycles. The molecular weight excluding hydrogens is 372 g/mol. The fourth-order valence-corrected chi connectivity index (χ4v) is 3.81. The molecule has 0 aromatic heterocycles. The van der Waals surface area contributed by atoms with Gasteiger partial charge in [-0.05, 0) is 36.5 Å². The van der Waals surface area contributed by atoms with Gasteiger partial charge in [-0.15, -0.1) is 0 Å². The first-order valence-electron chi connectivity index (χ1n) is 8.58. The zero-order valence-corrected chi connectivity index (χ0v) is 16.0. The van der Waals surface area contributed by atoms with E-state index in [4.69, 9.17) is 12.2 Å². The molecule has 3 nitrogen and oxygen atoms in total. The van der Waals surface area contributed by atoms with Crippen molar-refractivity contribution in [3.8, 4) is 0 Å². The number of benzene rings is 2. The number of hydrogen-bond acceptors (Lipinski definition) is 2. The number of hydrogen-bond donors (Lipinski definition) is 2. The second kappa shape index (κ2) is 9.30. The zero-order valence-electron chi connectivity index (χ0n) is 14.3. The van der Waals surface area contributed by atoms with Crippen LogP contribution in [-0.2, 0) is 6.54 Å². The Morgan fingerprint density at radius 1 is 1.08 bits per heavy atom. The van der Waals surface area contributed by atoms with Crippen molar-refractivity contribution in [2.24, 2.45) is 0 Å². The summed E-state index contributed by atoms with van der Waals surface area (Å²) in [6.07, 6.45) is 0. The van der Waals surface area contributed by atoms with Gasteiger partial charge in [0.15, 0.2) is 5.11 Å². The highest BCUT2D eigenvalue weighted by Crippen LogP contribution is 2.26. The van der Waals surface area contributed by atoms with E-state index in [2.05, 4.69) is 34.5 Å². The number of quaternary nitrogens is 1. The van der Waals surface area contributed by atoms with Gasteiger partial charge in [-0.1, -0.05) is 42.1 Å². The molecule has 0 radical (unpaired) electrons. The largest absolute Gasteiger partial charge is 0.338 e. The van der Waals surface area contributed by atoms with Gasteiger partial charge in [-0.25, -0.2) is 0 Å². The van der Waals surface area contributed by atoms with Crippen LogP contribution in [0, 0.1) is 0 Å². The van der Waals surface area contributed by atoms with Gasteiger partial charge in [0.2, 0.25) is 0 Å². The first-order valence-corrected chi connectivity index (χ1v) is 9.87. The van der Waals surface area contributed by atoms with E-state index < -0.39 is 5.76 Å². The predicted octanol–water partition coefficient (Wildman–Crippen LogP) is 3.10. The average Bonchev–Trinajstić information content (AvgIpc) is 2.64. The Hall–Kier alpha value is -1.70. The standard InChI is InChI=1S/C19H21F2N3S2/c20-18(21)26-17-8-6-16(7-9-17)22-19(25)24-12-10-23(11-13-24)14-15-4-2-1-3-5-15/h1-9,18H,10-14H2,(H,22,25)/p+1. The second-order valence-corrected chi connectivity index (χ2v) is 7.68. The van der Waals surface area contributed by atoms with E-state index in [1.54, 1.807) is 29.2 Å². The van der Waals surface area contributed by atoms with Crippen LogP contribution in [-0.4, -0.2) is 41.9 Å². The number of rotatable bonds is 5. The minimum absolute atomic E-state index is 0.548. The van der Waals surface area contributed by atoms with Crippen LogP contribution in [0.25, 0.3) is 0 Å². The van der Waals surface area contributed by atoms with Gasteiger partial charge in [-0.2, -0.15) is 8.78 Å². The summed E-state index contributed by atoms with van der Waals surface area (Å²) in [5.74, 6) is -2.40. The minimum Gasteiger partial charge on any atom is -0.338 e. The molecule has 0 spiro atoms. The number of anilines is 1. The maximum Gasteiger partial charge on any atom is 0.288 e. The summed E-state index contributed by atoms with van der Waals surface area (Å²) in [5, 5.41) is 3.90. The highest BCUT2D eigenvalue weighted by Gasteiger charge is 2.21. The Balaban J connectivity index is 1.46. The molecule has 0 bridgehead atoms. The van der Waals surface area contributed by atoms with Crippen LogP contribution in [0.2, 0.25) is 0 Å². The topological polar surface area (TPSA) is 19.7 Å². The van der Waals surface area contributed by atoms with Crippen molar-refractivity contribution in [3.05, 3.63) is 60.2 Å². The lowest BCUT2D eigenvalue weighted by molar-refractivity contribution is -0.917. The van der Waals surface area contributed by atoms with Gasteiger partial charge in [0.05, 0.1) is 26.2 Å². The van der Waals surface area contributed by atoms with Crippen molar-refractivity contribution < 1.29 is 13.7 Å². The predicted molar refractivity (Wildman–Crippen MR) is 107 cm³/mol. The highest BCUT2D eigenvalue weighted by atomic mass is 32.2. The summed E-state index contributed by atoms with van der Waals surface area (Å²) < 4.78 is 24.7. The van der Waals surface area contributed by atoms with E-state index in [1.165, 1.54) is 5.56 Å². The van der Waals surface area contributed by atoms with Crippen molar-refractivity contribution in [2.45, 2.75) is 17.2 Å².